The Labute approximate surface area is 109 Å². The molecule has 0 saturated heterocycles. The maximum Gasteiger partial charge on any atom is 0.267 e. The molecule has 1 aromatic heterocycles. The quantitative estimate of drug-likeness (QED) is 0.862. The van der Waals surface area contributed by atoms with Crippen LogP contribution in [0.25, 0.3) is 0 Å². The van der Waals surface area contributed by atoms with Gasteiger partial charge in [0.05, 0.1) is 0 Å². The van der Waals surface area contributed by atoms with Gasteiger partial charge in [0.15, 0.2) is 0 Å². The van der Waals surface area contributed by atoms with Gasteiger partial charge in [0.25, 0.3) is 5.91 Å². The molecule has 1 heterocycles. The number of nitrogens with one attached hydrogen (secondary N) is 2. The van der Waals surface area contributed by atoms with Crippen molar-refractivity contribution in [3.63, 3.8) is 0 Å². The minimum absolute atomic E-state index is 0.0157. The number of aromatic nitrogens is 1. The number of hydrogen-bond donors (Lipinski definition) is 2. The van der Waals surface area contributed by atoms with Crippen molar-refractivity contribution in [2.24, 2.45) is 17.8 Å². The summed E-state index contributed by atoms with van der Waals surface area (Å²) in [5, 5.41) is 3.06. The van der Waals surface area contributed by atoms with E-state index in [1.165, 1.54) is 25.7 Å². The summed E-state index contributed by atoms with van der Waals surface area (Å²) in [5.74, 6) is 2.52. The summed E-state index contributed by atoms with van der Waals surface area (Å²) in [6.45, 7) is 0.852. The summed E-state index contributed by atoms with van der Waals surface area (Å²) in [6, 6.07) is 1.82. The van der Waals surface area contributed by atoms with Gasteiger partial charge in [-0.3, -0.25) is 4.79 Å². The molecule has 2 saturated carbocycles. The second-order valence-electron chi connectivity index (χ2n) is 5.28. The smallest absolute Gasteiger partial charge is 0.267 e. The summed E-state index contributed by atoms with van der Waals surface area (Å²) >= 11 is 3.34. The van der Waals surface area contributed by atoms with Crippen LogP contribution in [0, 0.1) is 17.8 Å². The normalized spacial score (nSPS) is 19.6. The maximum absolute atomic E-state index is 11.9. The summed E-state index contributed by atoms with van der Waals surface area (Å²) in [4.78, 5) is 14.8. The van der Waals surface area contributed by atoms with E-state index in [9.17, 15) is 4.79 Å². The topological polar surface area (TPSA) is 44.9 Å². The lowest BCUT2D eigenvalue weighted by Crippen LogP contribution is -2.31. The van der Waals surface area contributed by atoms with Crippen molar-refractivity contribution in [3.8, 4) is 0 Å². The Morgan fingerprint density at radius 2 is 2.06 bits per heavy atom. The van der Waals surface area contributed by atoms with E-state index < -0.39 is 0 Å². The van der Waals surface area contributed by atoms with Gasteiger partial charge < -0.3 is 10.3 Å². The molecule has 3 nitrogen and oxygen atoms in total. The van der Waals surface area contributed by atoms with E-state index in [4.69, 9.17) is 0 Å². The lowest BCUT2D eigenvalue weighted by atomic mass is 9.98. The minimum atomic E-state index is 0.0157. The van der Waals surface area contributed by atoms with E-state index in [1.54, 1.807) is 6.20 Å². The first-order valence-corrected chi connectivity index (χ1v) is 7.15. The van der Waals surface area contributed by atoms with E-state index in [0.717, 1.165) is 28.8 Å². The van der Waals surface area contributed by atoms with E-state index in [0.29, 0.717) is 5.69 Å². The third-order valence-electron chi connectivity index (χ3n) is 3.85. The van der Waals surface area contributed by atoms with E-state index in [-0.39, 0.29) is 5.91 Å². The fraction of sp³-hybridized carbons (Fsp3) is 0.615. The highest BCUT2D eigenvalue weighted by Crippen LogP contribution is 2.48. The number of hydrogen-bond acceptors (Lipinski definition) is 1. The van der Waals surface area contributed by atoms with Crippen molar-refractivity contribution in [2.75, 3.05) is 6.54 Å². The van der Waals surface area contributed by atoms with Crippen molar-refractivity contribution in [3.05, 3.63) is 22.4 Å². The average molecular weight is 297 g/mol. The van der Waals surface area contributed by atoms with Gasteiger partial charge in [-0.25, -0.2) is 0 Å². The first-order valence-electron chi connectivity index (χ1n) is 6.36. The highest BCUT2D eigenvalue weighted by molar-refractivity contribution is 9.10. The lowest BCUT2D eigenvalue weighted by molar-refractivity contribution is 0.0939. The molecule has 3 rings (SSSR count). The molecule has 4 heteroatoms. The second-order valence-corrected chi connectivity index (χ2v) is 6.20. The molecule has 0 spiro atoms. The molecule has 1 amide bonds. The largest absolute Gasteiger partial charge is 0.356 e. The number of carbonyl (C=O) groups is 1. The Morgan fingerprint density at radius 3 is 2.53 bits per heavy atom. The third kappa shape index (κ3) is 2.73. The van der Waals surface area contributed by atoms with Gasteiger partial charge in [-0.2, -0.15) is 0 Å². The molecule has 2 N–H and O–H groups in total. The number of carbonyl (C=O) groups excluding carboxylic acids is 1. The van der Waals surface area contributed by atoms with Crippen LogP contribution >= 0.6 is 15.9 Å². The molecule has 92 valence electrons. The zero-order chi connectivity index (χ0) is 11.8. The Kier molecular flexibility index (Phi) is 2.99. The van der Waals surface area contributed by atoms with Crippen molar-refractivity contribution in [1.82, 2.24) is 10.3 Å². The van der Waals surface area contributed by atoms with Crippen LogP contribution < -0.4 is 5.32 Å². The van der Waals surface area contributed by atoms with Gasteiger partial charge in [-0.15, -0.1) is 0 Å². The van der Waals surface area contributed by atoms with E-state index in [1.807, 2.05) is 6.07 Å². The molecule has 1 aromatic rings. The van der Waals surface area contributed by atoms with Crippen molar-refractivity contribution in [1.29, 1.82) is 0 Å². The maximum atomic E-state index is 11.9. The molecular formula is C13H17BrN2O. The van der Waals surface area contributed by atoms with E-state index >= 15 is 0 Å². The van der Waals surface area contributed by atoms with Crippen LogP contribution in [-0.4, -0.2) is 17.4 Å². The van der Waals surface area contributed by atoms with E-state index in [2.05, 4.69) is 26.2 Å². The van der Waals surface area contributed by atoms with Crippen LogP contribution in [0.5, 0.6) is 0 Å². The fourth-order valence-electron chi connectivity index (χ4n) is 2.57. The van der Waals surface area contributed by atoms with Crippen LogP contribution in [0.2, 0.25) is 0 Å². The summed E-state index contributed by atoms with van der Waals surface area (Å²) in [7, 11) is 0. The number of amides is 1. The SMILES string of the molecule is O=C(NCC(C1CC1)C1CC1)c1cc(Br)c[nH]1. The van der Waals surface area contributed by atoms with Crippen LogP contribution in [-0.2, 0) is 0 Å². The molecule has 0 radical (unpaired) electrons. The molecule has 17 heavy (non-hydrogen) atoms. The molecule has 2 aliphatic carbocycles. The Hall–Kier alpha value is -0.770. The molecule has 0 aliphatic heterocycles. The van der Waals surface area contributed by atoms with Crippen LogP contribution in [0.1, 0.15) is 36.2 Å². The van der Waals surface area contributed by atoms with Crippen molar-refractivity contribution >= 4 is 21.8 Å². The Morgan fingerprint density at radius 1 is 1.41 bits per heavy atom. The Bertz CT molecular complexity index is 409. The summed E-state index contributed by atoms with van der Waals surface area (Å²) in [6.07, 6.45) is 7.25. The molecule has 0 bridgehead atoms. The van der Waals surface area contributed by atoms with Crippen LogP contribution in [0.15, 0.2) is 16.7 Å². The zero-order valence-corrected chi connectivity index (χ0v) is 11.3. The number of rotatable bonds is 5. The lowest BCUT2D eigenvalue weighted by Gasteiger charge is -2.15. The summed E-state index contributed by atoms with van der Waals surface area (Å²) in [5.41, 5.74) is 0.641. The van der Waals surface area contributed by atoms with Gasteiger partial charge in [-0.1, -0.05) is 0 Å². The Balaban J connectivity index is 1.54. The average Bonchev–Trinajstić information content (AvgIpc) is 3.20. The first kappa shape index (κ1) is 11.3. The summed E-state index contributed by atoms with van der Waals surface area (Å²) < 4.78 is 0.920. The number of aromatic amines is 1. The highest BCUT2D eigenvalue weighted by atomic mass is 79.9. The molecule has 2 fully saturated rings. The standard InChI is InChI=1S/C13H17BrN2O/c14-10-5-12(15-6-10)13(17)16-7-11(8-1-2-8)9-3-4-9/h5-6,8-9,11,15H,1-4,7H2,(H,16,17). The molecular weight excluding hydrogens is 280 g/mol. The monoisotopic (exact) mass is 296 g/mol. The minimum Gasteiger partial charge on any atom is -0.356 e. The fourth-order valence-corrected chi connectivity index (χ4v) is 2.92. The predicted molar refractivity (Wildman–Crippen MR) is 69.8 cm³/mol. The van der Waals surface area contributed by atoms with Gasteiger partial charge in [0.1, 0.15) is 5.69 Å². The van der Waals surface area contributed by atoms with Gasteiger partial charge in [0, 0.05) is 17.2 Å². The van der Waals surface area contributed by atoms with Gasteiger partial charge >= 0.3 is 0 Å². The molecule has 0 aromatic carbocycles. The van der Waals surface area contributed by atoms with Crippen molar-refractivity contribution in [2.45, 2.75) is 25.7 Å². The molecule has 0 atom stereocenters. The zero-order valence-electron chi connectivity index (χ0n) is 9.71. The number of halogens is 1. The second kappa shape index (κ2) is 4.48. The first-order chi connectivity index (χ1) is 8.24. The predicted octanol–water partition coefficient (Wildman–Crippen LogP) is 2.94. The third-order valence-corrected chi connectivity index (χ3v) is 4.30. The highest BCUT2D eigenvalue weighted by Gasteiger charge is 2.41. The van der Waals surface area contributed by atoms with Gasteiger partial charge in [-0.05, 0) is 65.4 Å². The molecule has 0 unspecified atom stereocenters. The van der Waals surface area contributed by atoms with Crippen LogP contribution in [0.3, 0.4) is 0 Å². The van der Waals surface area contributed by atoms with Crippen LogP contribution in [0.4, 0.5) is 0 Å². The number of H-pyrrole nitrogens is 1. The van der Waals surface area contributed by atoms with Crippen molar-refractivity contribution < 1.29 is 4.79 Å². The van der Waals surface area contributed by atoms with Gasteiger partial charge in [0.2, 0.25) is 0 Å². The molecule has 2 aliphatic rings.